The van der Waals surface area contributed by atoms with E-state index in [0.717, 1.165) is 5.56 Å². The zero-order valence-electron chi connectivity index (χ0n) is 16.9. The number of benzene rings is 2. The second-order valence-electron chi connectivity index (χ2n) is 7.01. The van der Waals surface area contributed by atoms with Crippen LogP contribution < -0.4 is 14.8 Å². The van der Waals surface area contributed by atoms with Crippen LogP contribution in [0.2, 0.25) is 0 Å². The van der Waals surface area contributed by atoms with Crippen molar-refractivity contribution < 1.29 is 19.1 Å². The normalized spacial score (nSPS) is 12.2. The number of nitrogens with zero attached hydrogens (tertiary/aromatic N) is 4. The molecule has 0 radical (unpaired) electrons. The van der Waals surface area contributed by atoms with Crippen molar-refractivity contribution in [2.75, 3.05) is 17.9 Å². The predicted molar refractivity (Wildman–Crippen MR) is 118 cm³/mol. The molecule has 5 rings (SSSR count). The van der Waals surface area contributed by atoms with E-state index in [2.05, 4.69) is 20.6 Å². The van der Waals surface area contributed by atoms with Gasteiger partial charge in [0, 0.05) is 16.8 Å². The molecule has 1 N–H and O–H groups in total. The summed E-state index contributed by atoms with van der Waals surface area (Å²) in [5, 5.41) is 16.2. The first-order chi connectivity index (χ1) is 15.6. The first-order valence-corrected chi connectivity index (χ1v) is 10.7. The summed E-state index contributed by atoms with van der Waals surface area (Å²) >= 11 is 1.22. The number of carbonyl (C=O) groups excluding carboxylic acids is 2. The summed E-state index contributed by atoms with van der Waals surface area (Å²) in [6.45, 7) is 1.69. The zero-order valence-corrected chi connectivity index (χ0v) is 17.8. The topological polar surface area (TPSA) is 108 Å². The average Bonchev–Trinajstić information content (AvgIpc) is 3.43. The van der Waals surface area contributed by atoms with Crippen molar-refractivity contribution in [3.63, 3.8) is 0 Å². The predicted octanol–water partition coefficient (Wildman–Crippen LogP) is 3.45. The van der Waals surface area contributed by atoms with Gasteiger partial charge in [-0.3, -0.25) is 9.59 Å². The second-order valence-corrected chi connectivity index (χ2v) is 7.96. The minimum Gasteiger partial charge on any atom is -0.454 e. The van der Waals surface area contributed by atoms with Gasteiger partial charge in [-0.15, -0.1) is 10.2 Å². The number of amides is 1. The molecule has 1 aliphatic rings. The number of hydrogen-bond donors (Lipinski definition) is 1. The summed E-state index contributed by atoms with van der Waals surface area (Å²) in [7, 11) is 0. The molecule has 4 aromatic rings. The van der Waals surface area contributed by atoms with Gasteiger partial charge in [-0.1, -0.05) is 23.9 Å². The van der Waals surface area contributed by atoms with Gasteiger partial charge in [0.1, 0.15) is 0 Å². The molecule has 3 heterocycles. The summed E-state index contributed by atoms with van der Waals surface area (Å²) in [4.78, 5) is 23.9. The molecule has 0 spiro atoms. The molecular formula is C22H17N5O4S. The lowest BCUT2D eigenvalue weighted by Gasteiger charge is -2.06. The molecule has 0 saturated carbocycles. The van der Waals surface area contributed by atoms with E-state index in [1.165, 1.54) is 18.7 Å². The summed E-state index contributed by atoms with van der Waals surface area (Å²) in [5.41, 5.74) is 3.26. The number of aromatic nitrogens is 4. The molecule has 0 saturated heterocycles. The lowest BCUT2D eigenvalue weighted by Crippen LogP contribution is -2.14. The molecule has 0 aliphatic carbocycles. The van der Waals surface area contributed by atoms with Gasteiger partial charge in [-0.25, -0.2) is 0 Å². The Balaban J connectivity index is 1.31. The van der Waals surface area contributed by atoms with E-state index in [1.807, 2.05) is 30.3 Å². The van der Waals surface area contributed by atoms with Crippen molar-refractivity contribution in [1.82, 2.24) is 19.8 Å². The highest BCUT2D eigenvalue weighted by Gasteiger charge is 2.16. The average molecular weight is 447 g/mol. The highest BCUT2D eigenvalue weighted by Crippen LogP contribution is 2.35. The largest absolute Gasteiger partial charge is 0.454 e. The molecular weight excluding hydrogens is 430 g/mol. The first-order valence-electron chi connectivity index (χ1n) is 9.73. The van der Waals surface area contributed by atoms with Crippen molar-refractivity contribution in [2.45, 2.75) is 12.1 Å². The van der Waals surface area contributed by atoms with Crippen molar-refractivity contribution in [2.24, 2.45) is 0 Å². The van der Waals surface area contributed by atoms with E-state index in [-0.39, 0.29) is 24.2 Å². The van der Waals surface area contributed by atoms with Gasteiger partial charge in [0.15, 0.2) is 22.9 Å². The van der Waals surface area contributed by atoms with Gasteiger partial charge in [0.25, 0.3) is 0 Å². The third-order valence-electron chi connectivity index (χ3n) is 4.79. The van der Waals surface area contributed by atoms with Crippen LogP contribution in [0.4, 0.5) is 5.69 Å². The third kappa shape index (κ3) is 4.00. The Bertz CT molecular complexity index is 1350. The monoisotopic (exact) mass is 447 g/mol. The lowest BCUT2D eigenvalue weighted by atomic mass is 10.1. The number of thioether (sulfide) groups is 1. The lowest BCUT2D eigenvalue weighted by molar-refractivity contribution is -0.113. The number of rotatable bonds is 6. The number of hydrogen-bond acceptors (Lipinski definition) is 8. The van der Waals surface area contributed by atoms with Gasteiger partial charge in [0.05, 0.1) is 11.4 Å². The zero-order chi connectivity index (χ0) is 22.1. The summed E-state index contributed by atoms with van der Waals surface area (Å²) < 4.78 is 12.4. The van der Waals surface area contributed by atoms with Gasteiger partial charge in [-0.2, -0.15) is 9.61 Å². The van der Waals surface area contributed by atoms with E-state index in [4.69, 9.17) is 9.47 Å². The molecule has 0 unspecified atom stereocenters. The highest BCUT2D eigenvalue weighted by molar-refractivity contribution is 7.99. The van der Waals surface area contributed by atoms with Crippen LogP contribution in [-0.4, -0.2) is 44.0 Å². The summed E-state index contributed by atoms with van der Waals surface area (Å²) in [5.74, 6) is 1.21. The number of fused-ring (bicyclic) bond motifs is 2. The Morgan fingerprint density at radius 2 is 1.94 bits per heavy atom. The second kappa shape index (κ2) is 8.31. The number of nitrogens with one attached hydrogen (secondary N) is 1. The molecule has 2 aromatic carbocycles. The van der Waals surface area contributed by atoms with Crippen LogP contribution in [0.5, 0.6) is 11.5 Å². The minimum absolute atomic E-state index is 0.0604. The van der Waals surface area contributed by atoms with Crippen molar-refractivity contribution in [1.29, 1.82) is 0 Å². The van der Waals surface area contributed by atoms with E-state index < -0.39 is 0 Å². The van der Waals surface area contributed by atoms with Crippen molar-refractivity contribution >= 4 is 34.8 Å². The Morgan fingerprint density at radius 3 is 2.81 bits per heavy atom. The van der Waals surface area contributed by atoms with Gasteiger partial charge in [0.2, 0.25) is 17.9 Å². The fourth-order valence-electron chi connectivity index (χ4n) is 3.21. The maximum Gasteiger partial charge on any atom is 0.234 e. The quantitative estimate of drug-likeness (QED) is 0.354. The Kier molecular flexibility index (Phi) is 5.20. The van der Waals surface area contributed by atoms with Gasteiger partial charge in [-0.05, 0) is 49.4 Å². The maximum absolute atomic E-state index is 12.4. The molecule has 9 nitrogen and oxygen atoms in total. The Labute approximate surface area is 186 Å². The van der Waals surface area contributed by atoms with Crippen LogP contribution in [-0.2, 0) is 4.79 Å². The van der Waals surface area contributed by atoms with Gasteiger partial charge >= 0.3 is 0 Å². The van der Waals surface area contributed by atoms with E-state index in [0.29, 0.717) is 39.2 Å². The van der Waals surface area contributed by atoms with Crippen LogP contribution in [0, 0.1) is 0 Å². The first kappa shape index (κ1) is 20.0. The summed E-state index contributed by atoms with van der Waals surface area (Å²) in [6, 6.07) is 16.1. The van der Waals surface area contributed by atoms with Crippen LogP contribution in [0.1, 0.15) is 17.3 Å². The van der Waals surface area contributed by atoms with Gasteiger partial charge < -0.3 is 14.8 Å². The van der Waals surface area contributed by atoms with Crippen LogP contribution >= 0.6 is 11.8 Å². The van der Waals surface area contributed by atoms with Crippen LogP contribution in [0.15, 0.2) is 59.8 Å². The van der Waals surface area contributed by atoms with Crippen LogP contribution in [0.25, 0.3) is 16.9 Å². The molecule has 1 aliphatic heterocycles. The third-order valence-corrected chi connectivity index (χ3v) is 5.71. The summed E-state index contributed by atoms with van der Waals surface area (Å²) in [6.07, 6.45) is 0. The smallest absolute Gasteiger partial charge is 0.234 e. The Morgan fingerprint density at radius 1 is 1.06 bits per heavy atom. The number of Topliss-reactive ketones (excluding diaryl/α,β-unsaturated/α-hetero) is 1. The fourth-order valence-corrected chi connectivity index (χ4v) is 3.90. The van der Waals surface area contributed by atoms with E-state index in [1.54, 1.807) is 28.8 Å². The number of ketones is 1. The van der Waals surface area contributed by atoms with Crippen molar-refractivity contribution in [3.05, 3.63) is 60.2 Å². The molecule has 0 bridgehead atoms. The number of ether oxygens (including phenoxy) is 2. The fraction of sp³-hybridized carbons (Fsp3) is 0.136. The molecule has 32 heavy (non-hydrogen) atoms. The minimum atomic E-state index is -0.223. The van der Waals surface area contributed by atoms with Crippen molar-refractivity contribution in [3.8, 4) is 22.8 Å². The standard InChI is InChI=1S/C22H17N5O4S/c1-13(28)14-3-2-4-16(9-14)23-21(29)11-32-22-25-24-20-8-6-17(26-27(20)22)15-5-7-18-19(10-15)31-12-30-18/h2-10H,11-12H2,1H3,(H,23,29). The SMILES string of the molecule is CC(=O)c1cccc(NC(=O)CSc2nnc3ccc(-c4ccc5c(c4)OCO5)nn23)c1. The molecule has 0 fully saturated rings. The van der Waals surface area contributed by atoms with E-state index in [9.17, 15) is 9.59 Å². The Hall–Kier alpha value is -3.92. The highest BCUT2D eigenvalue weighted by atomic mass is 32.2. The molecule has 0 atom stereocenters. The molecule has 160 valence electrons. The van der Waals surface area contributed by atoms with E-state index >= 15 is 0 Å². The molecule has 1 amide bonds. The maximum atomic E-state index is 12.4. The molecule has 2 aromatic heterocycles. The number of carbonyl (C=O) groups is 2. The number of anilines is 1. The molecule has 10 heteroatoms. The van der Waals surface area contributed by atoms with Crippen LogP contribution in [0.3, 0.4) is 0 Å².